The van der Waals surface area contributed by atoms with Gasteiger partial charge in [-0.2, -0.15) is 0 Å². The number of aromatic carboxylic acids is 1. The Kier molecular flexibility index (Phi) is 2.71. The Hall–Kier alpha value is -2.12. The lowest BCUT2D eigenvalue weighted by Crippen LogP contribution is -1.89. The van der Waals surface area contributed by atoms with Crippen molar-refractivity contribution in [3.05, 3.63) is 52.7 Å². The van der Waals surface area contributed by atoms with Crippen molar-refractivity contribution in [2.45, 2.75) is 0 Å². The number of carboxylic acids is 1. The predicted molar refractivity (Wildman–Crippen MR) is 63.0 cm³/mol. The maximum atomic E-state index is 10.7. The minimum Gasteiger partial charge on any atom is -0.477 e. The molecular formula is C12H7NO2S. The molecule has 1 heterocycles. The van der Waals surface area contributed by atoms with E-state index in [1.54, 1.807) is 30.3 Å². The van der Waals surface area contributed by atoms with Crippen LogP contribution in [0.5, 0.6) is 0 Å². The molecule has 0 saturated carbocycles. The van der Waals surface area contributed by atoms with Gasteiger partial charge in [0.1, 0.15) is 4.88 Å². The van der Waals surface area contributed by atoms with Crippen molar-refractivity contribution >= 4 is 23.0 Å². The average molecular weight is 229 g/mol. The number of hydrogen-bond donors (Lipinski definition) is 1. The van der Waals surface area contributed by atoms with Crippen molar-refractivity contribution in [3.63, 3.8) is 0 Å². The lowest BCUT2D eigenvalue weighted by Gasteiger charge is -1.96. The topological polar surface area (TPSA) is 41.7 Å². The van der Waals surface area contributed by atoms with Crippen LogP contribution in [0.3, 0.4) is 0 Å². The summed E-state index contributed by atoms with van der Waals surface area (Å²) < 4.78 is 0. The summed E-state index contributed by atoms with van der Waals surface area (Å²) in [5.74, 6) is -0.919. The Morgan fingerprint density at radius 1 is 1.31 bits per heavy atom. The highest BCUT2D eigenvalue weighted by Crippen LogP contribution is 2.30. The van der Waals surface area contributed by atoms with Crippen molar-refractivity contribution in [3.8, 4) is 10.4 Å². The molecule has 0 saturated heterocycles. The van der Waals surface area contributed by atoms with E-state index < -0.39 is 5.97 Å². The van der Waals surface area contributed by atoms with Crippen LogP contribution in [0.15, 0.2) is 36.4 Å². The van der Waals surface area contributed by atoms with Crippen LogP contribution in [0.2, 0.25) is 0 Å². The molecule has 0 aliphatic heterocycles. The average Bonchev–Trinajstić information content (AvgIpc) is 2.78. The molecule has 0 aliphatic carbocycles. The summed E-state index contributed by atoms with van der Waals surface area (Å²) in [4.78, 5) is 15.2. The summed E-state index contributed by atoms with van der Waals surface area (Å²) >= 11 is 1.21. The summed E-state index contributed by atoms with van der Waals surface area (Å²) in [5.41, 5.74) is 1.44. The van der Waals surface area contributed by atoms with Gasteiger partial charge >= 0.3 is 5.97 Å². The molecule has 1 N–H and O–H groups in total. The third-order valence-electron chi connectivity index (χ3n) is 2.08. The van der Waals surface area contributed by atoms with Gasteiger partial charge in [-0.3, -0.25) is 0 Å². The van der Waals surface area contributed by atoms with E-state index in [9.17, 15) is 4.79 Å². The maximum Gasteiger partial charge on any atom is 0.345 e. The van der Waals surface area contributed by atoms with Crippen molar-refractivity contribution in [2.24, 2.45) is 0 Å². The number of carbonyl (C=O) groups is 1. The molecular weight excluding hydrogens is 222 g/mol. The normalized spacial score (nSPS) is 9.69. The van der Waals surface area contributed by atoms with Crippen LogP contribution in [-0.2, 0) is 0 Å². The fraction of sp³-hybridized carbons (Fsp3) is 0. The zero-order valence-electron chi connectivity index (χ0n) is 8.18. The van der Waals surface area contributed by atoms with E-state index in [-0.39, 0.29) is 0 Å². The largest absolute Gasteiger partial charge is 0.477 e. The highest BCUT2D eigenvalue weighted by Gasteiger charge is 2.08. The van der Waals surface area contributed by atoms with Crippen LogP contribution in [0.25, 0.3) is 15.3 Å². The Balaban J connectivity index is 2.43. The summed E-state index contributed by atoms with van der Waals surface area (Å²) in [6.45, 7) is 6.91. The van der Waals surface area contributed by atoms with Gasteiger partial charge in [0.15, 0.2) is 5.69 Å². The third-order valence-corrected chi connectivity index (χ3v) is 3.20. The number of benzene rings is 1. The van der Waals surface area contributed by atoms with Gasteiger partial charge in [-0.15, -0.1) is 11.3 Å². The van der Waals surface area contributed by atoms with Crippen molar-refractivity contribution in [2.75, 3.05) is 0 Å². The van der Waals surface area contributed by atoms with Crippen LogP contribution >= 0.6 is 11.3 Å². The van der Waals surface area contributed by atoms with Gasteiger partial charge in [0.25, 0.3) is 0 Å². The van der Waals surface area contributed by atoms with E-state index in [1.165, 1.54) is 11.3 Å². The van der Waals surface area contributed by atoms with E-state index in [4.69, 9.17) is 11.7 Å². The van der Waals surface area contributed by atoms with Gasteiger partial charge in [-0.05, 0) is 23.8 Å². The molecule has 3 nitrogen and oxygen atoms in total. The lowest BCUT2D eigenvalue weighted by molar-refractivity contribution is 0.0702. The molecule has 1 aromatic carbocycles. The Labute approximate surface area is 96.4 Å². The van der Waals surface area contributed by atoms with Crippen molar-refractivity contribution in [1.82, 2.24) is 0 Å². The van der Waals surface area contributed by atoms with E-state index in [1.807, 2.05) is 6.07 Å². The number of nitrogens with zero attached hydrogens (tertiary/aromatic N) is 1. The second-order valence-corrected chi connectivity index (χ2v) is 4.21. The fourth-order valence-corrected chi connectivity index (χ4v) is 2.18. The first-order valence-electron chi connectivity index (χ1n) is 4.52. The molecule has 0 unspecified atom stereocenters. The first-order valence-corrected chi connectivity index (χ1v) is 5.33. The summed E-state index contributed by atoms with van der Waals surface area (Å²) in [7, 11) is 0. The monoisotopic (exact) mass is 229 g/mol. The lowest BCUT2D eigenvalue weighted by atomic mass is 10.2. The summed E-state index contributed by atoms with van der Waals surface area (Å²) in [6, 6.07) is 10.5. The molecule has 0 radical (unpaired) electrons. The number of rotatable bonds is 2. The van der Waals surface area contributed by atoms with Crippen LogP contribution in [-0.4, -0.2) is 11.1 Å². The quantitative estimate of drug-likeness (QED) is 0.798. The second kappa shape index (κ2) is 4.17. The van der Waals surface area contributed by atoms with Gasteiger partial charge in [-0.25, -0.2) is 9.64 Å². The summed E-state index contributed by atoms with van der Waals surface area (Å²) in [6.07, 6.45) is 0. The molecule has 2 rings (SSSR count). The Bertz CT molecular complexity index is 581. The van der Waals surface area contributed by atoms with E-state index in [0.29, 0.717) is 10.6 Å². The molecule has 78 valence electrons. The highest BCUT2D eigenvalue weighted by molar-refractivity contribution is 7.17. The molecule has 0 atom stereocenters. The van der Waals surface area contributed by atoms with E-state index in [0.717, 1.165) is 10.4 Å². The second-order valence-electron chi connectivity index (χ2n) is 3.13. The smallest absolute Gasteiger partial charge is 0.345 e. The predicted octanol–water partition coefficient (Wildman–Crippen LogP) is 3.66. The van der Waals surface area contributed by atoms with Gasteiger partial charge in [0.2, 0.25) is 0 Å². The van der Waals surface area contributed by atoms with Gasteiger partial charge in [-0.1, -0.05) is 18.2 Å². The van der Waals surface area contributed by atoms with Gasteiger partial charge in [0, 0.05) is 4.88 Å². The molecule has 0 amide bonds. The zero-order valence-corrected chi connectivity index (χ0v) is 8.99. The molecule has 2 aromatic rings. The summed E-state index contributed by atoms with van der Waals surface area (Å²) in [5, 5.41) is 8.81. The first-order chi connectivity index (χ1) is 7.70. The molecule has 0 spiro atoms. The molecule has 16 heavy (non-hydrogen) atoms. The highest BCUT2D eigenvalue weighted by atomic mass is 32.1. The van der Waals surface area contributed by atoms with Crippen LogP contribution in [0, 0.1) is 6.57 Å². The van der Waals surface area contributed by atoms with Crippen molar-refractivity contribution < 1.29 is 9.90 Å². The van der Waals surface area contributed by atoms with E-state index >= 15 is 0 Å². The minimum atomic E-state index is -0.919. The van der Waals surface area contributed by atoms with E-state index in [2.05, 4.69) is 4.85 Å². The fourth-order valence-electron chi connectivity index (χ4n) is 1.34. The Morgan fingerprint density at radius 2 is 2.12 bits per heavy atom. The number of hydrogen-bond acceptors (Lipinski definition) is 2. The minimum absolute atomic E-state index is 0.309. The van der Waals surface area contributed by atoms with Crippen LogP contribution < -0.4 is 0 Å². The van der Waals surface area contributed by atoms with Crippen LogP contribution in [0.1, 0.15) is 9.67 Å². The van der Waals surface area contributed by atoms with Gasteiger partial charge < -0.3 is 5.11 Å². The molecule has 4 heteroatoms. The maximum absolute atomic E-state index is 10.7. The van der Waals surface area contributed by atoms with Crippen molar-refractivity contribution in [1.29, 1.82) is 0 Å². The zero-order chi connectivity index (χ0) is 11.5. The molecule has 0 aliphatic rings. The molecule has 0 fully saturated rings. The third kappa shape index (κ3) is 1.95. The number of thiophene rings is 1. The molecule has 0 bridgehead atoms. The molecule has 1 aromatic heterocycles. The number of carboxylic acid groups (broad SMARTS) is 1. The van der Waals surface area contributed by atoms with Gasteiger partial charge in [0.05, 0.1) is 6.57 Å². The first kappa shape index (κ1) is 10.4. The van der Waals surface area contributed by atoms with Crippen LogP contribution in [0.4, 0.5) is 5.69 Å². The SMILES string of the molecule is [C-]#[N+]c1cccc(-c2ccc(C(=O)O)s2)c1. The Morgan fingerprint density at radius 3 is 2.75 bits per heavy atom. The standard InChI is InChI=1S/C12H7NO2S/c1-13-9-4-2-3-8(7-9)10-5-6-11(16-10)12(14)15/h2-7H,(H,14,15).